The fourth-order valence-electron chi connectivity index (χ4n) is 4.48. The largest absolute Gasteiger partial charge is 0.352 e. The topological polar surface area (TPSA) is 86.8 Å². The summed E-state index contributed by atoms with van der Waals surface area (Å²) in [5, 5.41) is 3.00. The van der Waals surface area contributed by atoms with Crippen molar-refractivity contribution in [1.29, 1.82) is 0 Å². The number of nitrogens with zero attached hydrogens (tertiary/aromatic N) is 2. The van der Waals surface area contributed by atoms with Crippen molar-refractivity contribution in [3.8, 4) is 0 Å². The molecule has 0 radical (unpaired) electrons. The third kappa shape index (κ3) is 8.36. The molecular weight excluding hydrogens is 555 g/mol. The van der Waals surface area contributed by atoms with Crippen molar-refractivity contribution < 1.29 is 18.0 Å². The third-order valence-electron chi connectivity index (χ3n) is 7.07. The molecule has 2 atom stereocenters. The standard InChI is InChI=1S/C32H41N3O4S2/c1-7-25(5)33-32(37)30(8-2)34(21-26-11-9-10-24(4)20-26)31(36)22-35(27-14-12-23(3)13-15-27)41(38,39)29-18-16-28(40-6)17-19-29/h9-20,25,30H,7-8,21-22H2,1-6H3,(H,33,37)/t25-,30+/m0/s1. The van der Waals surface area contributed by atoms with Gasteiger partial charge in [0.25, 0.3) is 10.0 Å². The van der Waals surface area contributed by atoms with E-state index in [1.807, 2.05) is 77.3 Å². The molecule has 0 bridgehead atoms. The van der Waals surface area contributed by atoms with Crippen molar-refractivity contribution in [2.24, 2.45) is 0 Å². The molecule has 1 N–H and O–H groups in total. The fraction of sp³-hybridized carbons (Fsp3) is 0.375. The monoisotopic (exact) mass is 595 g/mol. The molecule has 0 unspecified atom stereocenters. The van der Waals surface area contributed by atoms with Crippen LogP contribution in [0.4, 0.5) is 5.69 Å². The number of hydrogen-bond acceptors (Lipinski definition) is 5. The smallest absolute Gasteiger partial charge is 0.264 e. The summed E-state index contributed by atoms with van der Waals surface area (Å²) >= 11 is 1.52. The summed E-state index contributed by atoms with van der Waals surface area (Å²) in [5.74, 6) is -0.706. The van der Waals surface area contributed by atoms with Gasteiger partial charge in [-0.25, -0.2) is 8.42 Å². The van der Waals surface area contributed by atoms with E-state index in [-0.39, 0.29) is 23.4 Å². The van der Waals surface area contributed by atoms with Crippen LogP contribution in [0, 0.1) is 13.8 Å². The molecule has 0 saturated heterocycles. The Morgan fingerprint density at radius 3 is 2.12 bits per heavy atom. The number of thioether (sulfide) groups is 1. The van der Waals surface area contributed by atoms with E-state index in [9.17, 15) is 18.0 Å². The lowest BCUT2D eigenvalue weighted by Crippen LogP contribution is -2.53. The van der Waals surface area contributed by atoms with E-state index in [1.165, 1.54) is 16.7 Å². The number of aryl methyl sites for hydroxylation is 2. The Balaban J connectivity index is 2.05. The predicted octanol–water partition coefficient (Wildman–Crippen LogP) is 5.94. The van der Waals surface area contributed by atoms with Gasteiger partial charge in [0.2, 0.25) is 11.8 Å². The van der Waals surface area contributed by atoms with Crippen LogP contribution in [0.3, 0.4) is 0 Å². The second kappa shape index (κ2) is 14.5. The Morgan fingerprint density at radius 2 is 1.56 bits per heavy atom. The minimum absolute atomic E-state index is 0.0545. The highest BCUT2D eigenvalue weighted by molar-refractivity contribution is 7.98. The first kappa shape index (κ1) is 32.2. The number of carbonyl (C=O) groups is 2. The van der Waals surface area contributed by atoms with Crippen molar-refractivity contribution in [3.63, 3.8) is 0 Å². The minimum atomic E-state index is -4.10. The van der Waals surface area contributed by atoms with E-state index >= 15 is 0 Å². The number of anilines is 1. The van der Waals surface area contributed by atoms with Crippen LogP contribution in [0.25, 0.3) is 0 Å². The molecule has 3 aromatic rings. The highest BCUT2D eigenvalue weighted by Crippen LogP contribution is 2.27. The lowest BCUT2D eigenvalue weighted by Gasteiger charge is -2.33. The molecule has 3 aromatic carbocycles. The Hall–Kier alpha value is -3.30. The summed E-state index contributed by atoms with van der Waals surface area (Å²) < 4.78 is 29.2. The number of rotatable bonds is 13. The van der Waals surface area contributed by atoms with Gasteiger partial charge in [-0.1, -0.05) is 61.4 Å². The van der Waals surface area contributed by atoms with E-state index in [4.69, 9.17) is 0 Å². The predicted molar refractivity (Wildman–Crippen MR) is 168 cm³/mol. The zero-order valence-corrected chi connectivity index (χ0v) is 26.4. The molecule has 0 fully saturated rings. The van der Waals surface area contributed by atoms with Gasteiger partial charge in [0.15, 0.2) is 0 Å². The Bertz CT molecular complexity index is 1420. The molecule has 0 aliphatic carbocycles. The molecule has 0 aliphatic heterocycles. The van der Waals surface area contributed by atoms with Crippen molar-refractivity contribution in [3.05, 3.63) is 89.5 Å². The Labute approximate surface area is 249 Å². The Kier molecular flexibility index (Phi) is 11.4. The quantitative estimate of drug-likeness (QED) is 0.247. The minimum Gasteiger partial charge on any atom is -0.352 e. The van der Waals surface area contributed by atoms with Gasteiger partial charge in [0.05, 0.1) is 10.6 Å². The molecule has 7 nitrogen and oxygen atoms in total. The first-order valence-corrected chi connectivity index (χ1v) is 16.5. The van der Waals surface area contributed by atoms with Gasteiger partial charge in [0, 0.05) is 17.5 Å². The summed E-state index contributed by atoms with van der Waals surface area (Å²) in [6.45, 7) is 9.38. The maximum Gasteiger partial charge on any atom is 0.264 e. The highest BCUT2D eigenvalue weighted by Gasteiger charge is 2.34. The van der Waals surface area contributed by atoms with Crippen molar-refractivity contribution in [2.75, 3.05) is 17.1 Å². The first-order valence-electron chi connectivity index (χ1n) is 13.9. The van der Waals surface area contributed by atoms with Crippen LogP contribution in [0.15, 0.2) is 82.6 Å². The van der Waals surface area contributed by atoms with Gasteiger partial charge in [-0.3, -0.25) is 13.9 Å². The summed E-state index contributed by atoms with van der Waals surface area (Å²) in [4.78, 5) is 30.1. The molecule has 0 saturated carbocycles. The van der Waals surface area contributed by atoms with Crippen LogP contribution in [0.2, 0.25) is 0 Å². The third-order valence-corrected chi connectivity index (χ3v) is 9.60. The number of hydrogen-bond donors (Lipinski definition) is 1. The molecule has 0 heterocycles. The first-order chi connectivity index (χ1) is 19.5. The lowest BCUT2D eigenvalue weighted by molar-refractivity contribution is -0.140. The lowest BCUT2D eigenvalue weighted by atomic mass is 10.1. The second-order valence-corrected chi connectivity index (χ2v) is 13.0. The molecule has 0 aromatic heterocycles. The van der Waals surface area contributed by atoms with Gasteiger partial charge >= 0.3 is 0 Å². The van der Waals surface area contributed by atoms with E-state index in [0.29, 0.717) is 12.1 Å². The summed E-state index contributed by atoms with van der Waals surface area (Å²) in [6, 6.07) is 20.6. The number of carbonyl (C=O) groups excluding carboxylic acids is 2. The van der Waals surface area contributed by atoms with Crippen molar-refractivity contribution in [2.45, 2.75) is 75.9 Å². The van der Waals surface area contributed by atoms with Gasteiger partial charge in [-0.2, -0.15) is 0 Å². The highest BCUT2D eigenvalue weighted by atomic mass is 32.2. The van der Waals surface area contributed by atoms with E-state index in [1.54, 1.807) is 36.4 Å². The maximum atomic E-state index is 14.2. The Morgan fingerprint density at radius 1 is 0.902 bits per heavy atom. The summed E-state index contributed by atoms with van der Waals surface area (Å²) in [6.07, 6.45) is 3.06. The van der Waals surface area contributed by atoms with Crippen molar-refractivity contribution >= 4 is 39.3 Å². The molecule has 2 amide bonds. The van der Waals surface area contributed by atoms with Crippen molar-refractivity contribution in [1.82, 2.24) is 10.2 Å². The normalized spacial score (nSPS) is 12.8. The zero-order chi connectivity index (χ0) is 30.2. The molecule has 0 spiro atoms. The van der Waals surface area contributed by atoms with E-state index < -0.39 is 28.5 Å². The van der Waals surface area contributed by atoms with Crippen LogP contribution >= 0.6 is 11.8 Å². The molecule has 0 aliphatic rings. The zero-order valence-electron chi connectivity index (χ0n) is 24.8. The molecule has 9 heteroatoms. The fourth-order valence-corrected chi connectivity index (χ4v) is 6.30. The van der Waals surface area contributed by atoms with Gasteiger partial charge in [0.1, 0.15) is 12.6 Å². The van der Waals surface area contributed by atoms with Crippen LogP contribution < -0.4 is 9.62 Å². The maximum absolute atomic E-state index is 14.2. The number of benzene rings is 3. The molecule has 220 valence electrons. The van der Waals surface area contributed by atoms with Gasteiger partial charge < -0.3 is 10.2 Å². The average Bonchev–Trinajstić information content (AvgIpc) is 2.96. The van der Waals surface area contributed by atoms with E-state index in [0.717, 1.165) is 32.3 Å². The number of nitrogens with one attached hydrogen (secondary N) is 1. The van der Waals surface area contributed by atoms with Gasteiger partial charge in [-0.05, 0) is 81.8 Å². The number of sulfonamides is 1. The molecule has 41 heavy (non-hydrogen) atoms. The number of amides is 2. The summed E-state index contributed by atoms with van der Waals surface area (Å²) in [5.41, 5.74) is 3.25. The molecule has 3 rings (SSSR count). The second-order valence-electron chi connectivity index (χ2n) is 10.3. The summed E-state index contributed by atoms with van der Waals surface area (Å²) in [7, 11) is -4.10. The van der Waals surface area contributed by atoms with Crippen LogP contribution in [0.1, 0.15) is 50.3 Å². The van der Waals surface area contributed by atoms with Crippen LogP contribution in [-0.2, 0) is 26.2 Å². The molecular formula is C32H41N3O4S2. The average molecular weight is 596 g/mol. The SMILES string of the molecule is CC[C@H](C(=O)N[C@@H](C)CC)N(Cc1cccc(C)c1)C(=O)CN(c1ccc(C)cc1)S(=O)(=O)c1ccc(SC)cc1. The van der Waals surface area contributed by atoms with Crippen LogP contribution in [0.5, 0.6) is 0 Å². The van der Waals surface area contributed by atoms with E-state index in [2.05, 4.69) is 5.32 Å². The van der Waals surface area contributed by atoms with Crippen LogP contribution in [-0.4, -0.2) is 50.0 Å². The van der Waals surface area contributed by atoms with Gasteiger partial charge in [-0.15, -0.1) is 11.8 Å².